The smallest absolute Gasteiger partial charge is 0.306 e. The molecule has 5 heteroatoms. The van der Waals surface area contributed by atoms with Crippen molar-refractivity contribution in [3.8, 4) is 11.8 Å². The molecule has 2 aromatic rings. The summed E-state index contributed by atoms with van der Waals surface area (Å²) in [5.41, 5.74) is 2.16. The lowest BCUT2D eigenvalue weighted by Gasteiger charge is -2.13. The second-order valence-corrected chi connectivity index (χ2v) is 6.79. The summed E-state index contributed by atoms with van der Waals surface area (Å²) in [5, 5.41) is 9.05. The molecule has 0 aromatic heterocycles. The highest BCUT2D eigenvalue weighted by atomic mass is 32.2. The normalized spacial score (nSPS) is 12.7. The van der Waals surface area contributed by atoms with Crippen molar-refractivity contribution in [3.05, 3.63) is 71.3 Å². The first-order valence-corrected chi connectivity index (χ1v) is 8.87. The lowest BCUT2D eigenvalue weighted by molar-refractivity contribution is 0.489. The van der Waals surface area contributed by atoms with Crippen LogP contribution < -0.4 is 4.18 Å². The van der Waals surface area contributed by atoms with Crippen LogP contribution in [0.3, 0.4) is 0 Å². The number of benzene rings is 2. The van der Waals surface area contributed by atoms with Crippen LogP contribution in [0, 0.1) is 11.3 Å². The van der Waals surface area contributed by atoms with Gasteiger partial charge in [0.05, 0.1) is 17.9 Å². The molecule has 118 valence electrons. The molecule has 1 unspecified atom stereocenters. The van der Waals surface area contributed by atoms with Crippen molar-refractivity contribution in [1.82, 2.24) is 0 Å². The summed E-state index contributed by atoms with van der Waals surface area (Å²) < 4.78 is 27.8. The Balaban J connectivity index is 2.35. The fourth-order valence-electron chi connectivity index (χ4n) is 2.14. The number of hydrogen-bond donors (Lipinski definition) is 0. The standard InChI is InChI=1S/C18H17NO3S/c1-14(8-9-15-6-4-3-5-7-15)17-12-16(13-19)10-11-18(17)22-23(2,20)21/h3-12,14H,1-2H3/b9-8+. The van der Waals surface area contributed by atoms with Crippen LogP contribution in [-0.2, 0) is 10.1 Å². The highest BCUT2D eigenvalue weighted by Crippen LogP contribution is 2.30. The van der Waals surface area contributed by atoms with E-state index in [1.807, 2.05) is 49.4 Å². The van der Waals surface area contributed by atoms with Gasteiger partial charge in [0, 0.05) is 11.5 Å². The van der Waals surface area contributed by atoms with Gasteiger partial charge in [0.15, 0.2) is 0 Å². The van der Waals surface area contributed by atoms with Crippen molar-refractivity contribution in [3.63, 3.8) is 0 Å². The Morgan fingerprint density at radius 2 is 1.87 bits per heavy atom. The Morgan fingerprint density at radius 3 is 2.48 bits per heavy atom. The Bertz CT molecular complexity index is 850. The Hall–Kier alpha value is -2.58. The van der Waals surface area contributed by atoms with Gasteiger partial charge < -0.3 is 4.18 Å². The predicted octanol–water partition coefficient (Wildman–Crippen LogP) is 3.71. The second kappa shape index (κ2) is 7.12. The lowest BCUT2D eigenvalue weighted by atomic mass is 9.97. The van der Waals surface area contributed by atoms with E-state index in [1.54, 1.807) is 6.07 Å². The molecule has 0 fully saturated rings. The molecular formula is C18H17NO3S. The van der Waals surface area contributed by atoms with E-state index in [2.05, 4.69) is 6.07 Å². The molecule has 0 spiro atoms. The molecule has 2 rings (SSSR count). The molecule has 0 aliphatic carbocycles. The molecule has 0 aliphatic rings. The average Bonchev–Trinajstić information content (AvgIpc) is 2.52. The van der Waals surface area contributed by atoms with E-state index in [-0.39, 0.29) is 11.7 Å². The molecule has 0 N–H and O–H groups in total. The third kappa shape index (κ3) is 4.97. The average molecular weight is 327 g/mol. The zero-order valence-corrected chi connectivity index (χ0v) is 13.7. The van der Waals surface area contributed by atoms with Gasteiger partial charge in [-0.05, 0) is 23.8 Å². The first-order chi connectivity index (χ1) is 10.9. The van der Waals surface area contributed by atoms with Crippen molar-refractivity contribution in [2.24, 2.45) is 0 Å². The molecule has 0 radical (unpaired) electrons. The molecule has 0 saturated carbocycles. The van der Waals surface area contributed by atoms with Gasteiger partial charge in [-0.15, -0.1) is 0 Å². The highest BCUT2D eigenvalue weighted by molar-refractivity contribution is 7.86. The van der Waals surface area contributed by atoms with Crippen molar-refractivity contribution in [2.75, 3.05) is 6.26 Å². The number of nitrogens with zero attached hydrogens (tertiary/aromatic N) is 1. The molecule has 0 heterocycles. The van der Waals surface area contributed by atoms with E-state index in [0.717, 1.165) is 11.8 Å². The largest absolute Gasteiger partial charge is 0.382 e. The minimum atomic E-state index is -3.63. The van der Waals surface area contributed by atoms with E-state index < -0.39 is 10.1 Å². The van der Waals surface area contributed by atoms with Gasteiger partial charge in [-0.2, -0.15) is 13.7 Å². The van der Waals surface area contributed by atoms with Gasteiger partial charge in [0.1, 0.15) is 5.75 Å². The van der Waals surface area contributed by atoms with Gasteiger partial charge in [0.2, 0.25) is 0 Å². The monoisotopic (exact) mass is 327 g/mol. The van der Waals surface area contributed by atoms with Gasteiger partial charge in [-0.3, -0.25) is 0 Å². The Morgan fingerprint density at radius 1 is 1.17 bits per heavy atom. The van der Waals surface area contributed by atoms with Crippen LogP contribution in [0.4, 0.5) is 0 Å². The maximum atomic E-state index is 11.4. The SMILES string of the molecule is CC(/C=C/c1ccccc1)c1cc(C#N)ccc1OS(C)(=O)=O. The summed E-state index contributed by atoms with van der Waals surface area (Å²) >= 11 is 0. The third-order valence-electron chi connectivity index (χ3n) is 3.25. The van der Waals surface area contributed by atoms with Crippen LogP contribution in [0.1, 0.15) is 29.5 Å². The zero-order valence-electron chi connectivity index (χ0n) is 12.9. The van der Waals surface area contributed by atoms with Gasteiger partial charge in [-0.25, -0.2) is 0 Å². The number of allylic oxidation sites excluding steroid dienone is 1. The van der Waals surface area contributed by atoms with Crippen molar-refractivity contribution in [2.45, 2.75) is 12.8 Å². The lowest BCUT2D eigenvalue weighted by Crippen LogP contribution is -2.08. The van der Waals surface area contributed by atoms with E-state index in [1.165, 1.54) is 12.1 Å². The summed E-state index contributed by atoms with van der Waals surface area (Å²) in [6.45, 7) is 1.92. The first kappa shape index (κ1) is 16.8. The fourth-order valence-corrected chi connectivity index (χ4v) is 2.61. The minimum absolute atomic E-state index is 0.111. The molecule has 2 aromatic carbocycles. The summed E-state index contributed by atoms with van der Waals surface area (Å²) in [4.78, 5) is 0. The summed E-state index contributed by atoms with van der Waals surface area (Å²) in [5.74, 6) is 0.136. The molecule has 23 heavy (non-hydrogen) atoms. The molecule has 4 nitrogen and oxygen atoms in total. The Labute approximate surface area is 136 Å². The third-order valence-corrected chi connectivity index (χ3v) is 3.73. The van der Waals surface area contributed by atoms with Crippen LogP contribution >= 0.6 is 0 Å². The number of rotatable bonds is 5. The number of hydrogen-bond acceptors (Lipinski definition) is 4. The minimum Gasteiger partial charge on any atom is -0.382 e. The summed E-state index contributed by atoms with van der Waals surface area (Å²) in [6.07, 6.45) is 4.90. The van der Waals surface area contributed by atoms with Crippen LogP contribution in [0.15, 0.2) is 54.6 Å². The molecule has 0 bridgehead atoms. The van der Waals surface area contributed by atoms with Gasteiger partial charge >= 0.3 is 10.1 Å². The van der Waals surface area contributed by atoms with Crippen LogP contribution in [0.25, 0.3) is 6.08 Å². The van der Waals surface area contributed by atoms with Crippen LogP contribution in [0.5, 0.6) is 5.75 Å². The van der Waals surface area contributed by atoms with Gasteiger partial charge in [-0.1, -0.05) is 49.4 Å². The van der Waals surface area contributed by atoms with E-state index in [0.29, 0.717) is 11.1 Å². The molecule has 1 atom stereocenters. The molecule has 0 amide bonds. The topological polar surface area (TPSA) is 67.2 Å². The highest BCUT2D eigenvalue weighted by Gasteiger charge is 2.14. The predicted molar refractivity (Wildman–Crippen MR) is 90.5 cm³/mol. The summed E-state index contributed by atoms with van der Waals surface area (Å²) in [6, 6.07) is 16.5. The van der Waals surface area contributed by atoms with Crippen molar-refractivity contribution in [1.29, 1.82) is 5.26 Å². The molecule has 0 saturated heterocycles. The van der Waals surface area contributed by atoms with E-state index >= 15 is 0 Å². The molecule has 0 aliphatic heterocycles. The van der Waals surface area contributed by atoms with E-state index in [4.69, 9.17) is 9.44 Å². The van der Waals surface area contributed by atoms with Crippen LogP contribution in [0.2, 0.25) is 0 Å². The fraction of sp³-hybridized carbons (Fsp3) is 0.167. The first-order valence-electron chi connectivity index (χ1n) is 7.06. The summed E-state index contributed by atoms with van der Waals surface area (Å²) in [7, 11) is -3.63. The maximum Gasteiger partial charge on any atom is 0.306 e. The second-order valence-electron chi connectivity index (χ2n) is 5.21. The van der Waals surface area contributed by atoms with Gasteiger partial charge in [0.25, 0.3) is 0 Å². The number of nitriles is 1. The molecular weight excluding hydrogens is 310 g/mol. The quantitative estimate of drug-likeness (QED) is 0.785. The maximum absolute atomic E-state index is 11.4. The van der Waals surface area contributed by atoms with Crippen molar-refractivity contribution < 1.29 is 12.6 Å². The zero-order chi connectivity index (χ0) is 16.9. The van der Waals surface area contributed by atoms with Crippen LogP contribution in [-0.4, -0.2) is 14.7 Å². The Kier molecular flexibility index (Phi) is 5.20. The van der Waals surface area contributed by atoms with Crippen molar-refractivity contribution >= 4 is 16.2 Å². The van der Waals surface area contributed by atoms with E-state index in [9.17, 15) is 8.42 Å².